The molecule has 1 saturated heterocycles. The third-order valence-electron chi connectivity index (χ3n) is 5.82. The van der Waals surface area contributed by atoms with E-state index in [-0.39, 0.29) is 22.8 Å². The molecule has 1 atom stereocenters. The highest BCUT2D eigenvalue weighted by Crippen LogP contribution is 2.45. The van der Waals surface area contributed by atoms with Gasteiger partial charge in [0.2, 0.25) is 0 Å². The molecule has 0 aromatic heterocycles. The van der Waals surface area contributed by atoms with E-state index in [1.54, 1.807) is 30.3 Å². The summed E-state index contributed by atoms with van der Waals surface area (Å²) in [6.07, 6.45) is 0. The standard InChI is InChI=1S/C27H25NO5/c1-15-8-7-9-18(13-15)23-22(24(30)19-14-16(2)12-17(3)26(19)33-4)25(31)27(32)28(23)20-10-5-6-11-21(20)29/h5-14,23,29-30H,1-4H3/b24-22+. The average molecular weight is 443 g/mol. The van der Waals surface area contributed by atoms with Crippen molar-refractivity contribution in [1.82, 2.24) is 0 Å². The number of ether oxygens (including phenoxy) is 1. The highest BCUT2D eigenvalue weighted by molar-refractivity contribution is 6.52. The number of amides is 1. The van der Waals surface area contributed by atoms with Crippen molar-refractivity contribution in [2.24, 2.45) is 0 Å². The normalized spacial score (nSPS) is 17.5. The Morgan fingerprint density at radius 2 is 1.67 bits per heavy atom. The summed E-state index contributed by atoms with van der Waals surface area (Å²) in [7, 11) is 1.49. The van der Waals surface area contributed by atoms with E-state index in [2.05, 4.69) is 0 Å². The number of carbonyl (C=O) groups is 2. The zero-order valence-corrected chi connectivity index (χ0v) is 18.9. The fourth-order valence-electron chi connectivity index (χ4n) is 4.45. The number of hydrogen-bond donors (Lipinski definition) is 2. The molecule has 4 rings (SSSR count). The van der Waals surface area contributed by atoms with Crippen LogP contribution in [-0.2, 0) is 9.59 Å². The van der Waals surface area contributed by atoms with E-state index in [9.17, 15) is 19.8 Å². The number of rotatable bonds is 4. The second kappa shape index (κ2) is 8.47. The minimum atomic E-state index is -0.927. The predicted octanol–water partition coefficient (Wildman–Crippen LogP) is 4.95. The number of methoxy groups -OCH3 is 1. The number of phenols is 1. The van der Waals surface area contributed by atoms with Gasteiger partial charge in [-0.25, -0.2) is 0 Å². The van der Waals surface area contributed by atoms with Crippen molar-refractivity contribution in [3.05, 3.63) is 94.1 Å². The molecule has 1 aliphatic rings. The molecule has 6 heteroatoms. The molecule has 168 valence electrons. The summed E-state index contributed by atoms with van der Waals surface area (Å²) in [6, 6.07) is 16.4. The smallest absolute Gasteiger partial charge is 0.300 e. The van der Waals surface area contributed by atoms with Gasteiger partial charge in [0, 0.05) is 0 Å². The molecule has 3 aromatic carbocycles. The molecule has 1 amide bonds. The second-order valence-electron chi connectivity index (χ2n) is 8.23. The maximum atomic E-state index is 13.3. The van der Waals surface area contributed by atoms with E-state index in [1.807, 2.05) is 45.0 Å². The molecule has 6 nitrogen and oxygen atoms in total. The molecule has 1 unspecified atom stereocenters. The van der Waals surface area contributed by atoms with Gasteiger partial charge in [0.05, 0.1) is 30.0 Å². The van der Waals surface area contributed by atoms with Crippen LogP contribution < -0.4 is 9.64 Å². The number of anilines is 1. The van der Waals surface area contributed by atoms with Gasteiger partial charge in [-0.2, -0.15) is 0 Å². The van der Waals surface area contributed by atoms with Crippen molar-refractivity contribution in [2.45, 2.75) is 26.8 Å². The average Bonchev–Trinajstić information content (AvgIpc) is 3.04. The third-order valence-corrected chi connectivity index (χ3v) is 5.82. The minimum absolute atomic E-state index is 0.0582. The summed E-state index contributed by atoms with van der Waals surface area (Å²) in [5, 5.41) is 21.9. The van der Waals surface area contributed by atoms with Crippen molar-refractivity contribution in [3.8, 4) is 11.5 Å². The Bertz CT molecular complexity index is 1310. The van der Waals surface area contributed by atoms with Crippen molar-refractivity contribution in [3.63, 3.8) is 0 Å². The quantitative estimate of drug-likeness (QED) is 0.338. The number of Topliss-reactive ketones (excluding diaryl/α,β-unsaturated/α-hetero) is 1. The van der Waals surface area contributed by atoms with Crippen LogP contribution in [0.3, 0.4) is 0 Å². The first-order valence-electron chi connectivity index (χ1n) is 10.6. The first-order chi connectivity index (χ1) is 15.7. The molecule has 1 fully saturated rings. The Kier molecular flexibility index (Phi) is 5.68. The molecule has 2 N–H and O–H groups in total. The molecule has 1 heterocycles. The number of aryl methyl sites for hydroxylation is 3. The largest absolute Gasteiger partial charge is 0.507 e. The van der Waals surface area contributed by atoms with E-state index in [0.717, 1.165) is 16.7 Å². The van der Waals surface area contributed by atoms with Crippen molar-refractivity contribution < 1.29 is 24.5 Å². The number of aliphatic hydroxyl groups excluding tert-OH is 1. The van der Waals surface area contributed by atoms with E-state index >= 15 is 0 Å². The number of nitrogens with zero attached hydrogens (tertiary/aromatic N) is 1. The van der Waals surface area contributed by atoms with E-state index in [1.165, 1.54) is 18.1 Å². The molecule has 0 bridgehead atoms. The molecule has 1 aliphatic heterocycles. The van der Waals surface area contributed by atoms with Crippen LogP contribution in [0.1, 0.15) is 33.9 Å². The van der Waals surface area contributed by atoms with Crippen LogP contribution in [0.5, 0.6) is 11.5 Å². The van der Waals surface area contributed by atoms with Gasteiger partial charge in [-0.05, 0) is 55.7 Å². The summed E-state index contributed by atoms with van der Waals surface area (Å²) in [4.78, 5) is 27.8. The van der Waals surface area contributed by atoms with Crippen LogP contribution in [0, 0.1) is 20.8 Å². The molecule has 0 spiro atoms. The van der Waals surface area contributed by atoms with Gasteiger partial charge >= 0.3 is 0 Å². The highest BCUT2D eigenvalue weighted by atomic mass is 16.5. The Morgan fingerprint density at radius 1 is 0.939 bits per heavy atom. The van der Waals surface area contributed by atoms with Crippen LogP contribution in [0.25, 0.3) is 5.76 Å². The molecule has 33 heavy (non-hydrogen) atoms. The molecule has 0 aliphatic carbocycles. The summed E-state index contributed by atoms with van der Waals surface area (Å²) >= 11 is 0. The lowest BCUT2D eigenvalue weighted by molar-refractivity contribution is -0.132. The molecule has 3 aromatic rings. The number of benzene rings is 3. The fraction of sp³-hybridized carbons (Fsp3) is 0.185. The number of carbonyl (C=O) groups excluding carboxylic acids is 2. The monoisotopic (exact) mass is 443 g/mol. The summed E-state index contributed by atoms with van der Waals surface area (Å²) in [5.41, 5.74) is 3.71. The number of ketones is 1. The lowest BCUT2D eigenvalue weighted by Gasteiger charge is -2.26. The van der Waals surface area contributed by atoms with E-state index in [4.69, 9.17) is 4.74 Å². The van der Waals surface area contributed by atoms with Gasteiger partial charge in [-0.1, -0.05) is 48.0 Å². The maximum absolute atomic E-state index is 13.3. The van der Waals surface area contributed by atoms with Gasteiger partial charge in [0.25, 0.3) is 11.7 Å². The molecular formula is C27H25NO5. The lowest BCUT2D eigenvalue weighted by Crippen LogP contribution is -2.29. The molecular weight excluding hydrogens is 418 g/mol. The van der Waals surface area contributed by atoms with Crippen LogP contribution in [0.15, 0.2) is 66.2 Å². The topological polar surface area (TPSA) is 87.1 Å². The van der Waals surface area contributed by atoms with E-state index < -0.39 is 17.7 Å². The number of phenolic OH excluding ortho intramolecular Hbond substituents is 1. The Labute approximate surface area is 192 Å². The highest BCUT2D eigenvalue weighted by Gasteiger charge is 2.48. The number of aliphatic hydroxyl groups is 1. The van der Waals surface area contributed by atoms with E-state index in [0.29, 0.717) is 16.9 Å². The van der Waals surface area contributed by atoms with Crippen LogP contribution in [-0.4, -0.2) is 29.0 Å². The zero-order valence-electron chi connectivity index (χ0n) is 18.9. The van der Waals surface area contributed by atoms with Crippen LogP contribution in [0.2, 0.25) is 0 Å². The number of hydrogen-bond acceptors (Lipinski definition) is 5. The zero-order chi connectivity index (χ0) is 23.9. The summed E-state index contributed by atoms with van der Waals surface area (Å²) < 4.78 is 5.52. The van der Waals surface area contributed by atoms with Crippen LogP contribution >= 0.6 is 0 Å². The van der Waals surface area contributed by atoms with Gasteiger partial charge in [0.15, 0.2) is 0 Å². The van der Waals surface area contributed by atoms with Crippen molar-refractivity contribution in [2.75, 3.05) is 12.0 Å². The van der Waals surface area contributed by atoms with Gasteiger partial charge in [0.1, 0.15) is 17.3 Å². The fourth-order valence-corrected chi connectivity index (χ4v) is 4.45. The Morgan fingerprint density at radius 3 is 2.33 bits per heavy atom. The first-order valence-corrected chi connectivity index (χ1v) is 10.6. The SMILES string of the molecule is COc1c(C)cc(C)cc1/C(O)=C1\C(=O)C(=O)N(c2ccccc2O)C1c1cccc(C)c1. The second-order valence-corrected chi connectivity index (χ2v) is 8.23. The minimum Gasteiger partial charge on any atom is -0.507 e. The van der Waals surface area contributed by atoms with Gasteiger partial charge in [-0.3, -0.25) is 14.5 Å². The van der Waals surface area contributed by atoms with Gasteiger partial charge in [-0.15, -0.1) is 0 Å². The summed E-state index contributed by atoms with van der Waals surface area (Å²) in [6.45, 7) is 5.63. The first kappa shape index (κ1) is 22.1. The van der Waals surface area contributed by atoms with Crippen molar-refractivity contribution >= 4 is 23.1 Å². The third kappa shape index (κ3) is 3.74. The molecule has 0 saturated carbocycles. The predicted molar refractivity (Wildman–Crippen MR) is 127 cm³/mol. The summed E-state index contributed by atoms with van der Waals surface area (Å²) in [5.74, 6) is -1.69. The number of aromatic hydroxyl groups is 1. The van der Waals surface area contributed by atoms with Crippen molar-refractivity contribution in [1.29, 1.82) is 0 Å². The number of para-hydroxylation sites is 2. The van der Waals surface area contributed by atoms with Gasteiger partial charge < -0.3 is 14.9 Å². The lowest BCUT2D eigenvalue weighted by atomic mass is 9.93. The maximum Gasteiger partial charge on any atom is 0.300 e. The Hall–Kier alpha value is -4.06. The van der Waals surface area contributed by atoms with Crippen LogP contribution in [0.4, 0.5) is 5.69 Å². The Balaban J connectivity index is 2.04. The molecule has 0 radical (unpaired) electrons.